The number of hydrogen-bond acceptors (Lipinski definition) is 3. The monoisotopic (exact) mass is 418 g/mol. The molecule has 0 aliphatic carbocycles. The maximum Gasteiger partial charge on any atom is 0.366 e. The van der Waals surface area contributed by atoms with Gasteiger partial charge in [-0.05, 0) is 17.1 Å². The van der Waals surface area contributed by atoms with E-state index in [1.807, 2.05) is 6.07 Å². The fraction of sp³-hybridized carbons (Fsp3) is 0. The Morgan fingerprint density at radius 3 is 2.70 bits per heavy atom. The first kappa shape index (κ1) is 15.1. The molecule has 20 heavy (non-hydrogen) atoms. The summed E-state index contributed by atoms with van der Waals surface area (Å²) < 4.78 is 1.36. The minimum atomic E-state index is 0. The lowest BCUT2D eigenvalue weighted by molar-refractivity contribution is -0.396. The smallest absolute Gasteiger partial charge is 0.366 e. The van der Waals surface area contributed by atoms with Gasteiger partial charge in [-0.2, -0.15) is 0 Å². The van der Waals surface area contributed by atoms with E-state index in [9.17, 15) is 5.11 Å². The van der Waals surface area contributed by atoms with Gasteiger partial charge in [-0.25, -0.2) is 4.98 Å². The molecular weight excluding hydrogens is 411 g/mol. The van der Waals surface area contributed by atoms with E-state index >= 15 is 0 Å². The van der Waals surface area contributed by atoms with E-state index < -0.39 is 0 Å². The van der Waals surface area contributed by atoms with Crippen molar-refractivity contribution in [2.75, 3.05) is 5.73 Å². The Labute approximate surface area is 137 Å². The second-order valence-electron chi connectivity index (χ2n) is 4.04. The van der Waals surface area contributed by atoms with E-state index in [0.717, 1.165) is 21.1 Å². The lowest BCUT2D eigenvalue weighted by atomic mass is 10.1. The van der Waals surface area contributed by atoms with Crippen molar-refractivity contribution in [2.45, 2.75) is 0 Å². The third-order valence-electron chi connectivity index (χ3n) is 2.84. The number of phenolic OH excluding ortho intramolecular Hbond substituents is 1. The summed E-state index contributed by atoms with van der Waals surface area (Å²) in [5, 5.41) is 10.8. The summed E-state index contributed by atoms with van der Waals surface area (Å²) in [6.07, 6.45) is 3.54. The molecule has 5 N–H and O–H groups in total. The van der Waals surface area contributed by atoms with E-state index in [4.69, 9.17) is 5.73 Å². The predicted molar refractivity (Wildman–Crippen MR) is 79.6 cm³/mol. The summed E-state index contributed by atoms with van der Waals surface area (Å²) in [7, 11) is 0. The standard InChI is InChI=1S/C12H8Br2N4O.ClH/c13-5-1-8-10(9(19)2-5)6(3-16-8)7-4-17-12(14)18-11(7)15;/h1-4,16,19H,(H2,15,17,18);1H. The van der Waals surface area contributed by atoms with Crippen LogP contribution in [0, 0.1) is 0 Å². The lowest BCUT2D eigenvalue weighted by Gasteiger charge is -2.01. The second-order valence-corrected chi connectivity index (χ2v) is 5.71. The average Bonchev–Trinajstić information content (AvgIpc) is 2.72. The molecule has 2 aromatic heterocycles. The Kier molecular flexibility index (Phi) is 4.22. The molecule has 0 atom stereocenters. The minimum absolute atomic E-state index is 0. The van der Waals surface area contributed by atoms with E-state index in [1.165, 1.54) is 0 Å². The molecule has 104 valence electrons. The van der Waals surface area contributed by atoms with Crippen LogP contribution in [0.15, 0.2) is 33.7 Å². The number of nitrogens with two attached hydrogens (primary N) is 1. The molecule has 0 radical (unpaired) electrons. The van der Waals surface area contributed by atoms with E-state index in [1.54, 1.807) is 18.5 Å². The second kappa shape index (κ2) is 5.59. The zero-order valence-corrected chi connectivity index (χ0v) is 13.8. The fourth-order valence-corrected chi connectivity index (χ4v) is 2.79. The number of anilines is 1. The molecule has 5 nitrogen and oxygen atoms in total. The topological polar surface area (TPSA) is 89.1 Å². The molecule has 0 spiro atoms. The van der Waals surface area contributed by atoms with Crippen molar-refractivity contribution >= 4 is 48.6 Å². The van der Waals surface area contributed by atoms with Gasteiger partial charge < -0.3 is 28.2 Å². The summed E-state index contributed by atoms with van der Waals surface area (Å²) in [4.78, 5) is 10.2. The van der Waals surface area contributed by atoms with Gasteiger partial charge in [-0.1, -0.05) is 15.9 Å². The number of rotatable bonds is 1. The number of nitrogens with zero attached hydrogens (tertiary/aromatic N) is 1. The van der Waals surface area contributed by atoms with Crippen LogP contribution in [0.4, 0.5) is 5.82 Å². The van der Waals surface area contributed by atoms with Crippen molar-refractivity contribution in [3.8, 4) is 16.9 Å². The number of fused-ring (bicyclic) bond motifs is 1. The number of hydrogen-bond donors (Lipinski definition) is 3. The summed E-state index contributed by atoms with van der Waals surface area (Å²) in [6, 6.07) is 3.54. The third kappa shape index (κ3) is 2.48. The predicted octanol–water partition coefficient (Wildman–Crippen LogP) is -0.139. The van der Waals surface area contributed by atoms with Gasteiger partial charge in [0.05, 0.1) is 27.0 Å². The Morgan fingerprint density at radius 1 is 1.25 bits per heavy atom. The van der Waals surface area contributed by atoms with Crippen molar-refractivity contribution in [1.29, 1.82) is 0 Å². The highest BCUT2D eigenvalue weighted by atomic mass is 79.9. The van der Waals surface area contributed by atoms with Crippen LogP contribution in [-0.2, 0) is 0 Å². The van der Waals surface area contributed by atoms with Gasteiger partial charge in [0.2, 0.25) is 0 Å². The molecule has 1 aromatic carbocycles. The summed E-state index contributed by atoms with van der Waals surface area (Å²) in [6.45, 7) is 0. The first-order valence-electron chi connectivity index (χ1n) is 5.40. The number of aromatic amines is 2. The fourth-order valence-electron chi connectivity index (χ4n) is 2.04. The van der Waals surface area contributed by atoms with Crippen molar-refractivity contribution in [2.24, 2.45) is 0 Å². The molecule has 0 aliphatic heterocycles. The first-order chi connectivity index (χ1) is 9.06. The lowest BCUT2D eigenvalue weighted by Crippen LogP contribution is -3.00. The van der Waals surface area contributed by atoms with Gasteiger partial charge in [0.15, 0.2) is 0 Å². The third-order valence-corrected chi connectivity index (χ3v) is 3.71. The summed E-state index contributed by atoms with van der Waals surface area (Å²) in [5.41, 5.74) is 8.27. The highest BCUT2D eigenvalue weighted by molar-refractivity contribution is 9.10. The summed E-state index contributed by atoms with van der Waals surface area (Å²) >= 11 is 6.57. The number of nitrogen functional groups attached to an aromatic ring is 1. The highest BCUT2D eigenvalue weighted by Gasteiger charge is 2.18. The van der Waals surface area contributed by atoms with Crippen molar-refractivity contribution in [3.63, 3.8) is 0 Å². The average molecular weight is 420 g/mol. The van der Waals surface area contributed by atoms with Crippen LogP contribution in [0.5, 0.6) is 5.75 Å². The number of phenols is 1. The zero-order valence-electron chi connectivity index (χ0n) is 9.92. The maximum atomic E-state index is 10.1. The molecule has 0 saturated heterocycles. The van der Waals surface area contributed by atoms with Crippen LogP contribution >= 0.6 is 31.9 Å². The number of halogens is 3. The first-order valence-corrected chi connectivity index (χ1v) is 6.98. The van der Waals surface area contributed by atoms with Gasteiger partial charge in [-0.3, -0.25) is 0 Å². The van der Waals surface area contributed by atoms with Crippen LogP contribution in [0.3, 0.4) is 0 Å². The van der Waals surface area contributed by atoms with Gasteiger partial charge in [0, 0.05) is 21.6 Å². The SMILES string of the molecule is Nc1nc(Br)[nH+]cc1-c1c[nH]c2cc(Br)cc(O)c12.[Cl-]. The molecule has 3 aromatic rings. The molecule has 2 heterocycles. The van der Waals surface area contributed by atoms with Crippen molar-refractivity contribution in [3.05, 3.63) is 33.7 Å². The molecule has 3 rings (SSSR count). The Hall–Kier alpha value is -1.31. The quantitative estimate of drug-likeness (QED) is 0.479. The van der Waals surface area contributed by atoms with Crippen LogP contribution in [0.1, 0.15) is 0 Å². The molecule has 0 fully saturated rings. The molecule has 0 aliphatic rings. The van der Waals surface area contributed by atoms with E-state index in [0.29, 0.717) is 15.9 Å². The van der Waals surface area contributed by atoms with Crippen LogP contribution < -0.4 is 23.1 Å². The highest BCUT2D eigenvalue weighted by Crippen LogP contribution is 2.37. The number of aromatic nitrogens is 3. The van der Waals surface area contributed by atoms with E-state index in [-0.39, 0.29) is 18.2 Å². The van der Waals surface area contributed by atoms with Gasteiger partial charge >= 0.3 is 4.73 Å². The molecule has 8 heteroatoms. The molecule has 0 amide bonds. The zero-order chi connectivity index (χ0) is 13.6. The number of benzene rings is 1. The normalized spacial score (nSPS) is 10.5. The van der Waals surface area contributed by atoms with Crippen LogP contribution in [0.25, 0.3) is 22.0 Å². The van der Waals surface area contributed by atoms with Gasteiger partial charge in [0.1, 0.15) is 11.9 Å². The maximum absolute atomic E-state index is 10.1. The molecule has 0 saturated carbocycles. The minimum Gasteiger partial charge on any atom is -1.00 e. The van der Waals surface area contributed by atoms with Crippen LogP contribution in [0.2, 0.25) is 0 Å². The van der Waals surface area contributed by atoms with Gasteiger partial charge in [0.25, 0.3) is 5.82 Å². The number of H-pyrrole nitrogens is 2. The van der Waals surface area contributed by atoms with E-state index in [2.05, 4.69) is 46.8 Å². The molecule has 0 unspecified atom stereocenters. The largest absolute Gasteiger partial charge is 1.00 e. The Morgan fingerprint density at radius 2 is 2.00 bits per heavy atom. The molecular formula is C12H9Br2ClN4O. The van der Waals surface area contributed by atoms with Gasteiger partial charge in [-0.15, -0.1) is 0 Å². The number of aromatic hydroxyl groups is 1. The Bertz CT molecular complexity index is 790. The number of nitrogens with one attached hydrogen (secondary N) is 2. The van der Waals surface area contributed by atoms with Crippen molar-refractivity contribution in [1.82, 2.24) is 9.97 Å². The molecule has 0 bridgehead atoms. The Balaban J connectivity index is 0.00000147. The summed E-state index contributed by atoms with van der Waals surface area (Å²) in [5.74, 6) is 0.566. The van der Waals surface area contributed by atoms with Crippen LogP contribution in [-0.4, -0.2) is 15.1 Å². The van der Waals surface area contributed by atoms with Crippen molar-refractivity contribution < 1.29 is 22.5 Å².